The van der Waals surface area contributed by atoms with Gasteiger partial charge in [0.15, 0.2) is 6.61 Å². The van der Waals surface area contributed by atoms with Gasteiger partial charge in [0, 0.05) is 24.7 Å². The molecule has 1 aromatic rings. The highest BCUT2D eigenvalue weighted by Crippen LogP contribution is 2.21. The van der Waals surface area contributed by atoms with Crippen LogP contribution in [0.4, 0.5) is 4.39 Å². The molecular formula is C15H20FNO3. The molecule has 0 aromatic heterocycles. The molecule has 20 heavy (non-hydrogen) atoms. The van der Waals surface area contributed by atoms with Crippen LogP contribution in [0.5, 0.6) is 5.75 Å². The summed E-state index contributed by atoms with van der Waals surface area (Å²) in [6, 6.07) is 4.24. The lowest BCUT2D eigenvalue weighted by Crippen LogP contribution is -2.38. The Labute approximate surface area is 118 Å². The first-order valence-corrected chi connectivity index (χ1v) is 6.96. The van der Waals surface area contributed by atoms with E-state index in [-0.39, 0.29) is 18.1 Å². The Hall–Kier alpha value is -1.62. The van der Waals surface area contributed by atoms with Crippen molar-refractivity contribution in [2.75, 3.05) is 19.7 Å². The Kier molecular flexibility index (Phi) is 4.95. The second-order valence-corrected chi connectivity index (χ2v) is 5.09. The van der Waals surface area contributed by atoms with E-state index in [0.29, 0.717) is 5.75 Å². The SMILES string of the molecule is C[C@@H](O)c1ccc(OCC(=O)N2CCCCC2)cc1F. The number of hydrogen-bond donors (Lipinski definition) is 1. The minimum atomic E-state index is -0.862. The van der Waals surface area contributed by atoms with E-state index in [4.69, 9.17) is 4.74 Å². The summed E-state index contributed by atoms with van der Waals surface area (Å²) < 4.78 is 19.0. The lowest BCUT2D eigenvalue weighted by Gasteiger charge is -2.26. The third kappa shape index (κ3) is 3.70. The summed E-state index contributed by atoms with van der Waals surface area (Å²) in [6.45, 7) is 2.97. The molecule has 1 heterocycles. The summed E-state index contributed by atoms with van der Waals surface area (Å²) in [5.74, 6) is -0.287. The van der Waals surface area contributed by atoms with Gasteiger partial charge < -0.3 is 14.7 Å². The number of carbonyl (C=O) groups excluding carboxylic acids is 1. The Morgan fingerprint density at radius 1 is 1.40 bits per heavy atom. The number of benzene rings is 1. The summed E-state index contributed by atoms with van der Waals surface area (Å²) in [5.41, 5.74) is 0.222. The van der Waals surface area contributed by atoms with Crippen LogP contribution in [0, 0.1) is 5.82 Å². The largest absolute Gasteiger partial charge is 0.484 e. The van der Waals surface area contributed by atoms with Gasteiger partial charge in [-0.25, -0.2) is 4.39 Å². The van der Waals surface area contributed by atoms with Crippen LogP contribution in [0.1, 0.15) is 37.9 Å². The number of carbonyl (C=O) groups is 1. The second-order valence-electron chi connectivity index (χ2n) is 5.09. The molecule has 1 aromatic carbocycles. The molecule has 2 rings (SSSR count). The molecule has 1 aliphatic heterocycles. The first-order valence-electron chi connectivity index (χ1n) is 6.96. The van der Waals surface area contributed by atoms with Gasteiger partial charge in [-0.05, 0) is 38.3 Å². The normalized spacial score (nSPS) is 16.9. The fraction of sp³-hybridized carbons (Fsp3) is 0.533. The topological polar surface area (TPSA) is 49.8 Å². The number of aliphatic hydroxyl groups is 1. The Morgan fingerprint density at radius 3 is 2.70 bits per heavy atom. The molecule has 1 aliphatic rings. The summed E-state index contributed by atoms with van der Waals surface area (Å²) >= 11 is 0. The molecule has 0 spiro atoms. The van der Waals surface area contributed by atoms with Gasteiger partial charge in [0.25, 0.3) is 5.91 Å². The molecule has 0 saturated carbocycles. The zero-order valence-electron chi connectivity index (χ0n) is 11.6. The Balaban J connectivity index is 1.90. The van der Waals surface area contributed by atoms with Crippen LogP contribution in [0.3, 0.4) is 0 Å². The maximum atomic E-state index is 13.6. The molecule has 0 aliphatic carbocycles. The lowest BCUT2D eigenvalue weighted by atomic mass is 10.1. The number of nitrogens with zero attached hydrogens (tertiary/aromatic N) is 1. The van der Waals surface area contributed by atoms with Crippen LogP contribution in [0.2, 0.25) is 0 Å². The molecular weight excluding hydrogens is 261 g/mol. The highest BCUT2D eigenvalue weighted by atomic mass is 19.1. The van der Waals surface area contributed by atoms with Gasteiger partial charge in [-0.1, -0.05) is 0 Å². The lowest BCUT2D eigenvalue weighted by molar-refractivity contribution is -0.134. The van der Waals surface area contributed by atoms with Crippen molar-refractivity contribution in [1.82, 2.24) is 4.90 Å². The van der Waals surface area contributed by atoms with Gasteiger partial charge in [-0.2, -0.15) is 0 Å². The Bertz CT molecular complexity index is 470. The average Bonchev–Trinajstić information content (AvgIpc) is 2.45. The van der Waals surface area contributed by atoms with Gasteiger partial charge in [-0.15, -0.1) is 0 Å². The standard InChI is InChI=1S/C15H20FNO3/c1-11(18)13-6-5-12(9-14(13)16)20-10-15(19)17-7-3-2-4-8-17/h5-6,9,11,18H,2-4,7-8,10H2,1H3/t11-/m1/s1. The summed E-state index contributed by atoms with van der Waals surface area (Å²) in [6.07, 6.45) is 2.36. The van der Waals surface area contributed by atoms with E-state index in [1.165, 1.54) is 19.1 Å². The van der Waals surface area contributed by atoms with Crippen molar-refractivity contribution < 1.29 is 19.0 Å². The third-order valence-corrected chi connectivity index (χ3v) is 3.49. The van der Waals surface area contributed by atoms with Crippen LogP contribution >= 0.6 is 0 Å². The quantitative estimate of drug-likeness (QED) is 0.921. The van der Waals surface area contributed by atoms with Crippen molar-refractivity contribution in [3.63, 3.8) is 0 Å². The van der Waals surface area contributed by atoms with Crippen molar-refractivity contribution in [2.24, 2.45) is 0 Å². The molecule has 0 radical (unpaired) electrons. The highest BCUT2D eigenvalue weighted by molar-refractivity contribution is 5.77. The first kappa shape index (κ1) is 14.8. The predicted molar refractivity (Wildman–Crippen MR) is 73.0 cm³/mol. The molecule has 1 fully saturated rings. The minimum Gasteiger partial charge on any atom is -0.484 e. The number of aliphatic hydroxyl groups excluding tert-OH is 1. The number of rotatable bonds is 4. The maximum absolute atomic E-state index is 13.6. The summed E-state index contributed by atoms with van der Waals surface area (Å²) in [5, 5.41) is 9.34. The van der Waals surface area contributed by atoms with E-state index in [0.717, 1.165) is 32.4 Å². The monoisotopic (exact) mass is 281 g/mol. The number of piperidine rings is 1. The van der Waals surface area contributed by atoms with Gasteiger partial charge >= 0.3 is 0 Å². The van der Waals surface area contributed by atoms with Crippen LogP contribution in [0.25, 0.3) is 0 Å². The van der Waals surface area contributed by atoms with Crippen LogP contribution in [0.15, 0.2) is 18.2 Å². The van der Waals surface area contributed by atoms with Crippen LogP contribution < -0.4 is 4.74 Å². The molecule has 0 bridgehead atoms. The van der Waals surface area contributed by atoms with Crippen molar-refractivity contribution in [3.05, 3.63) is 29.6 Å². The van der Waals surface area contributed by atoms with E-state index in [2.05, 4.69) is 0 Å². The fourth-order valence-electron chi connectivity index (χ4n) is 2.32. The second kappa shape index (κ2) is 6.70. The number of amides is 1. The number of ether oxygens (including phenoxy) is 1. The van der Waals surface area contributed by atoms with E-state index in [1.54, 1.807) is 11.0 Å². The van der Waals surface area contributed by atoms with Crippen molar-refractivity contribution in [3.8, 4) is 5.75 Å². The van der Waals surface area contributed by atoms with Crippen LogP contribution in [-0.2, 0) is 4.79 Å². The van der Waals surface area contributed by atoms with Gasteiger partial charge in [-0.3, -0.25) is 4.79 Å². The fourth-order valence-corrected chi connectivity index (χ4v) is 2.32. The van der Waals surface area contributed by atoms with Gasteiger partial charge in [0.2, 0.25) is 0 Å². The third-order valence-electron chi connectivity index (χ3n) is 3.49. The maximum Gasteiger partial charge on any atom is 0.260 e. The molecule has 5 heteroatoms. The molecule has 0 unspecified atom stereocenters. The van der Waals surface area contributed by atoms with Crippen molar-refractivity contribution in [2.45, 2.75) is 32.3 Å². The molecule has 4 nitrogen and oxygen atoms in total. The highest BCUT2D eigenvalue weighted by Gasteiger charge is 2.17. The molecule has 1 atom stereocenters. The van der Waals surface area contributed by atoms with Gasteiger partial charge in [0.1, 0.15) is 11.6 Å². The summed E-state index contributed by atoms with van der Waals surface area (Å²) in [7, 11) is 0. The smallest absolute Gasteiger partial charge is 0.260 e. The van der Waals surface area contributed by atoms with E-state index < -0.39 is 11.9 Å². The van der Waals surface area contributed by atoms with Crippen LogP contribution in [-0.4, -0.2) is 35.6 Å². The molecule has 1 amide bonds. The van der Waals surface area contributed by atoms with Gasteiger partial charge in [0.05, 0.1) is 6.10 Å². The van der Waals surface area contributed by atoms with Crippen molar-refractivity contribution in [1.29, 1.82) is 0 Å². The van der Waals surface area contributed by atoms with E-state index >= 15 is 0 Å². The first-order chi connectivity index (χ1) is 9.58. The number of likely N-dealkylation sites (tertiary alicyclic amines) is 1. The summed E-state index contributed by atoms with van der Waals surface area (Å²) in [4.78, 5) is 13.7. The number of hydrogen-bond acceptors (Lipinski definition) is 3. The zero-order valence-corrected chi connectivity index (χ0v) is 11.6. The van der Waals surface area contributed by atoms with E-state index in [1.807, 2.05) is 0 Å². The minimum absolute atomic E-state index is 0.0651. The Morgan fingerprint density at radius 2 is 2.10 bits per heavy atom. The zero-order chi connectivity index (χ0) is 14.5. The molecule has 1 saturated heterocycles. The number of halogens is 1. The molecule has 110 valence electrons. The van der Waals surface area contributed by atoms with Crippen molar-refractivity contribution >= 4 is 5.91 Å². The molecule has 1 N–H and O–H groups in total. The average molecular weight is 281 g/mol. The predicted octanol–water partition coefficient (Wildman–Crippen LogP) is 2.27. The van der Waals surface area contributed by atoms with E-state index in [9.17, 15) is 14.3 Å².